The normalized spacial score (nSPS) is 12.3. The third-order valence-corrected chi connectivity index (χ3v) is 3.30. The van der Waals surface area contributed by atoms with Crippen LogP contribution in [-0.4, -0.2) is 23.3 Å². The molecule has 0 saturated heterocycles. The van der Waals surface area contributed by atoms with Crippen LogP contribution in [0.5, 0.6) is 11.5 Å². The Morgan fingerprint density at radius 3 is 2.82 bits per heavy atom. The maximum absolute atomic E-state index is 5.39. The molecule has 0 fully saturated rings. The van der Waals surface area contributed by atoms with Gasteiger partial charge in [0.2, 0.25) is 12.7 Å². The standard InChI is InChI=1S/C16H20N4O2/c1-3-6-17-16-19-11(2)7-15(20-16)18-9-12-4-5-13-14(8-12)22-10-21-13/h4-5,7-8H,3,6,9-10H2,1-2H3,(H2,17,18,19,20). The molecule has 0 amide bonds. The van der Waals surface area contributed by atoms with Gasteiger partial charge in [-0.05, 0) is 31.0 Å². The number of rotatable bonds is 6. The summed E-state index contributed by atoms with van der Waals surface area (Å²) in [7, 11) is 0. The number of nitrogens with one attached hydrogen (secondary N) is 2. The third-order valence-electron chi connectivity index (χ3n) is 3.30. The van der Waals surface area contributed by atoms with Crippen LogP contribution in [0, 0.1) is 6.92 Å². The summed E-state index contributed by atoms with van der Waals surface area (Å²) in [4.78, 5) is 8.84. The van der Waals surface area contributed by atoms with Crippen LogP contribution < -0.4 is 20.1 Å². The third kappa shape index (κ3) is 3.39. The van der Waals surface area contributed by atoms with E-state index in [9.17, 15) is 0 Å². The topological polar surface area (TPSA) is 68.3 Å². The van der Waals surface area contributed by atoms with Gasteiger partial charge in [0, 0.05) is 24.8 Å². The average Bonchev–Trinajstić information content (AvgIpc) is 2.98. The van der Waals surface area contributed by atoms with E-state index < -0.39 is 0 Å². The van der Waals surface area contributed by atoms with Gasteiger partial charge in [0.25, 0.3) is 0 Å². The number of aromatic nitrogens is 2. The van der Waals surface area contributed by atoms with Crippen LogP contribution in [0.4, 0.5) is 11.8 Å². The van der Waals surface area contributed by atoms with Gasteiger partial charge in [-0.15, -0.1) is 0 Å². The van der Waals surface area contributed by atoms with E-state index in [4.69, 9.17) is 9.47 Å². The molecule has 1 aromatic carbocycles. The van der Waals surface area contributed by atoms with Crippen LogP contribution >= 0.6 is 0 Å². The minimum absolute atomic E-state index is 0.295. The van der Waals surface area contributed by atoms with E-state index in [-0.39, 0.29) is 0 Å². The number of benzene rings is 1. The van der Waals surface area contributed by atoms with E-state index in [0.29, 0.717) is 19.3 Å². The second-order valence-electron chi connectivity index (χ2n) is 5.19. The Labute approximate surface area is 129 Å². The van der Waals surface area contributed by atoms with E-state index in [1.54, 1.807) is 0 Å². The molecule has 0 unspecified atom stereocenters. The maximum atomic E-state index is 5.39. The molecule has 1 aliphatic rings. The zero-order valence-corrected chi connectivity index (χ0v) is 12.8. The summed E-state index contributed by atoms with van der Waals surface area (Å²) in [5, 5.41) is 6.53. The van der Waals surface area contributed by atoms with Crippen LogP contribution in [0.15, 0.2) is 24.3 Å². The molecule has 1 aromatic heterocycles. The molecule has 2 aromatic rings. The molecule has 6 heteroatoms. The zero-order chi connectivity index (χ0) is 15.4. The lowest BCUT2D eigenvalue weighted by Crippen LogP contribution is -2.08. The SMILES string of the molecule is CCCNc1nc(C)cc(NCc2ccc3c(c2)OCO3)n1. The van der Waals surface area contributed by atoms with E-state index in [1.165, 1.54) is 0 Å². The molecule has 0 bridgehead atoms. The van der Waals surface area contributed by atoms with Gasteiger partial charge >= 0.3 is 0 Å². The second kappa shape index (κ2) is 6.51. The first-order valence-electron chi connectivity index (χ1n) is 7.46. The van der Waals surface area contributed by atoms with Crippen LogP contribution in [0.2, 0.25) is 0 Å². The fourth-order valence-electron chi connectivity index (χ4n) is 2.22. The van der Waals surface area contributed by atoms with Crippen molar-refractivity contribution in [2.24, 2.45) is 0 Å². The van der Waals surface area contributed by atoms with Gasteiger partial charge < -0.3 is 20.1 Å². The molecule has 2 heterocycles. The van der Waals surface area contributed by atoms with Crippen molar-refractivity contribution >= 4 is 11.8 Å². The van der Waals surface area contributed by atoms with Crippen LogP contribution in [0.3, 0.4) is 0 Å². The summed E-state index contributed by atoms with van der Waals surface area (Å²) in [5.74, 6) is 3.06. The quantitative estimate of drug-likeness (QED) is 0.855. The monoisotopic (exact) mass is 300 g/mol. The summed E-state index contributed by atoms with van der Waals surface area (Å²) >= 11 is 0. The Morgan fingerprint density at radius 1 is 1.09 bits per heavy atom. The van der Waals surface area contributed by atoms with Gasteiger partial charge in [0.05, 0.1) is 0 Å². The number of hydrogen-bond acceptors (Lipinski definition) is 6. The summed E-state index contributed by atoms with van der Waals surface area (Å²) in [6.07, 6.45) is 1.04. The van der Waals surface area contributed by atoms with Crippen LogP contribution in [0.25, 0.3) is 0 Å². The van der Waals surface area contributed by atoms with Crippen molar-refractivity contribution in [3.8, 4) is 11.5 Å². The van der Waals surface area contributed by atoms with E-state index in [0.717, 1.165) is 41.5 Å². The first-order chi connectivity index (χ1) is 10.7. The zero-order valence-electron chi connectivity index (χ0n) is 12.8. The average molecular weight is 300 g/mol. The van der Waals surface area contributed by atoms with Crippen molar-refractivity contribution in [3.63, 3.8) is 0 Å². The van der Waals surface area contributed by atoms with E-state index >= 15 is 0 Å². The van der Waals surface area contributed by atoms with Crippen molar-refractivity contribution in [3.05, 3.63) is 35.5 Å². The molecule has 6 nitrogen and oxygen atoms in total. The molecular weight excluding hydrogens is 280 g/mol. The van der Waals surface area contributed by atoms with E-state index in [1.807, 2.05) is 31.2 Å². The molecule has 1 aliphatic heterocycles. The Kier molecular flexibility index (Phi) is 4.27. The number of fused-ring (bicyclic) bond motifs is 1. The maximum Gasteiger partial charge on any atom is 0.231 e. The van der Waals surface area contributed by atoms with Gasteiger partial charge in [-0.25, -0.2) is 4.98 Å². The lowest BCUT2D eigenvalue weighted by atomic mass is 10.2. The van der Waals surface area contributed by atoms with Gasteiger partial charge in [-0.1, -0.05) is 13.0 Å². The van der Waals surface area contributed by atoms with Crippen molar-refractivity contribution in [2.75, 3.05) is 24.0 Å². The summed E-state index contributed by atoms with van der Waals surface area (Å²) < 4.78 is 10.7. The highest BCUT2D eigenvalue weighted by atomic mass is 16.7. The molecule has 0 saturated carbocycles. The number of aryl methyl sites for hydroxylation is 1. The molecule has 116 valence electrons. The van der Waals surface area contributed by atoms with Gasteiger partial charge in [-0.2, -0.15) is 4.98 Å². The highest BCUT2D eigenvalue weighted by molar-refractivity contribution is 5.47. The summed E-state index contributed by atoms with van der Waals surface area (Å²) in [6.45, 7) is 5.90. The predicted molar refractivity (Wildman–Crippen MR) is 85.4 cm³/mol. The molecule has 0 atom stereocenters. The van der Waals surface area contributed by atoms with Gasteiger partial charge in [-0.3, -0.25) is 0 Å². The first kappa shape index (κ1) is 14.4. The Bertz CT molecular complexity index is 661. The smallest absolute Gasteiger partial charge is 0.231 e. The van der Waals surface area contributed by atoms with Gasteiger partial charge in [0.1, 0.15) is 5.82 Å². The fourth-order valence-corrected chi connectivity index (χ4v) is 2.22. The highest BCUT2D eigenvalue weighted by Crippen LogP contribution is 2.32. The van der Waals surface area contributed by atoms with Crippen LogP contribution in [0.1, 0.15) is 24.6 Å². The predicted octanol–water partition coefficient (Wildman–Crippen LogP) is 2.95. The molecule has 22 heavy (non-hydrogen) atoms. The Hall–Kier alpha value is -2.50. The largest absolute Gasteiger partial charge is 0.454 e. The van der Waals surface area contributed by atoms with Crippen LogP contribution in [-0.2, 0) is 6.54 Å². The molecule has 2 N–H and O–H groups in total. The van der Waals surface area contributed by atoms with Crippen molar-refractivity contribution in [1.82, 2.24) is 9.97 Å². The number of anilines is 2. The molecule has 0 aliphatic carbocycles. The van der Waals surface area contributed by atoms with Crippen molar-refractivity contribution in [1.29, 1.82) is 0 Å². The fraction of sp³-hybridized carbons (Fsp3) is 0.375. The Morgan fingerprint density at radius 2 is 1.95 bits per heavy atom. The molecular formula is C16H20N4O2. The lowest BCUT2D eigenvalue weighted by molar-refractivity contribution is 0.174. The van der Waals surface area contributed by atoms with Gasteiger partial charge in [0.15, 0.2) is 11.5 Å². The Balaban J connectivity index is 1.66. The second-order valence-corrected chi connectivity index (χ2v) is 5.19. The number of ether oxygens (including phenoxy) is 2. The minimum Gasteiger partial charge on any atom is -0.454 e. The number of nitrogens with zero attached hydrogens (tertiary/aromatic N) is 2. The number of hydrogen-bond donors (Lipinski definition) is 2. The highest BCUT2D eigenvalue weighted by Gasteiger charge is 2.13. The molecule has 3 rings (SSSR count). The van der Waals surface area contributed by atoms with Crippen molar-refractivity contribution < 1.29 is 9.47 Å². The molecule has 0 radical (unpaired) electrons. The van der Waals surface area contributed by atoms with Crippen molar-refractivity contribution in [2.45, 2.75) is 26.8 Å². The minimum atomic E-state index is 0.295. The summed E-state index contributed by atoms with van der Waals surface area (Å²) in [5.41, 5.74) is 2.05. The molecule has 0 spiro atoms. The summed E-state index contributed by atoms with van der Waals surface area (Å²) in [6, 6.07) is 7.87. The first-order valence-corrected chi connectivity index (χ1v) is 7.46. The van der Waals surface area contributed by atoms with E-state index in [2.05, 4.69) is 27.5 Å². The lowest BCUT2D eigenvalue weighted by Gasteiger charge is -2.10.